The van der Waals surface area contributed by atoms with Crippen molar-refractivity contribution in [3.63, 3.8) is 0 Å². The molecule has 0 aliphatic carbocycles. The number of nitrogens with one attached hydrogen (secondary N) is 4. The van der Waals surface area contributed by atoms with Crippen LogP contribution in [0.5, 0.6) is 5.75 Å². The van der Waals surface area contributed by atoms with Gasteiger partial charge in [0.2, 0.25) is 0 Å². The van der Waals surface area contributed by atoms with E-state index in [-0.39, 0.29) is 23.0 Å². The highest BCUT2D eigenvalue weighted by molar-refractivity contribution is 5.85. The maximum absolute atomic E-state index is 12.1. The second-order valence-electron chi connectivity index (χ2n) is 6.52. The maximum atomic E-state index is 12.1. The van der Waals surface area contributed by atoms with Gasteiger partial charge in [-0.25, -0.2) is 0 Å². The lowest BCUT2D eigenvalue weighted by Crippen LogP contribution is -2.37. The van der Waals surface area contributed by atoms with Crippen molar-refractivity contribution in [3.05, 3.63) is 78.8 Å². The van der Waals surface area contributed by atoms with E-state index < -0.39 is 10.9 Å². The first-order valence-electron chi connectivity index (χ1n) is 8.69. The van der Waals surface area contributed by atoms with Crippen LogP contribution >= 0.6 is 0 Å². The van der Waals surface area contributed by atoms with E-state index in [0.717, 1.165) is 5.56 Å². The van der Waals surface area contributed by atoms with Crippen LogP contribution in [-0.4, -0.2) is 17.3 Å². The van der Waals surface area contributed by atoms with Crippen molar-refractivity contribution in [1.29, 1.82) is 0 Å². The van der Waals surface area contributed by atoms with E-state index >= 15 is 0 Å². The van der Waals surface area contributed by atoms with E-state index in [1.165, 1.54) is 0 Å². The molecule has 142 valence electrons. The zero-order valence-corrected chi connectivity index (χ0v) is 15.3. The first-order chi connectivity index (χ1) is 13.5. The Morgan fingerprint density at radius 2 is 1.75 bits per heavy atom. The minimum atomic E-state index is -0.594. The molecule has 0 spiro atoms. The molecule has 3 aromatic carbocycles. The van der Waals surface area contributed by atoms with Crippen LogP contribution < -0.4 is 31.8 Å². The van der Waals surface area contributed by atoms with Crippen LogP contribution in [0.3, 0.4) is 0 Å². The molecule has 0 bridgehead atoms. The maximum Gasteiger partial charge on any atom is 0.271 e. The van der Waals surface area contributed by atoms with Crippen molar-refractivity contribution in [2.45, 2.75) is 13.0 Å². The number of ether oxygens (including phenoxy) is 1. The topological polar surface area (TPSA) is 116 Å². The summed E-state index contributed by atoms with van der Waals surface area (Å²) in [6.45, 7) is 1.89. The number of anilines is 3. The fourth-order valence-corrected chi connectivity index (χ4v) is 3.11. The van der Waals surface area contributed by atoms with Crippen LogP contribution in [0.1, 0.15) is 18.5 Å². The van der Waals surface area contributed by atoms with Gasteiger partial charge in [-0.3, -0.25) is 24.6 Å². The largest absolute Gasteiger partial charge is 0.497 e. The summed E-state index contributed by atoms with van der Waals surface area (Å²) in [6, 6.07) is 12.3. The summed E-state index contributed by atoms with van der Waals surface area (Å²) in [6.07, 6.45) is 0. The lowest BCUT2D eigenvalue weighted by molar-refractivity contribution is 0.414. The molecule has 1 aromatic heterocycles. The summed E-state index contributed by atoms with van der Waals surface area (Å²) in [5.41, 5.74) is 1.11. The lowest BCUT2D eigenvalue weighted by Gasteiger charge is -2.20. The molecule has 8 nitrogen and oxygen atoms in total. The highest BCUT2D eigenvalue weighted by atomic mass is 16.5. The third kappa shape index (κ3) is 2.94. The molecule has 4 N–H and O–H groups in total. The summed E-state index contributed by atoms with van der Waals surface area (Å²) < 4.78 is 5.22. The minimum absolute atomic E-state index is 0.186. The Morgan fingerprint density at radius 1 is 0.964 bits per heavy atom. The molecule has 28 heavy (non-hydrogen) atoms. The Hall–Kier alpha value is -3.81. The third-order valence-electron chi connectivity index (χ3n) is 4.71. The number of fused-ring (bicyclic) bond motifs is 1. The van der Waals surface area contributed by atoms with Crippen LogP contribution in [0.25, 0.3) is 10.9 Å². The van der Waals surface area contributed by atoms with Gasteiger partial charge in [-0.1, -0.05) is 12.1 Å². The van der Waals surface area contributed by atoms with E-state index in [2.05, 4.69) is 20.8 Å². The summed E-state index contributed by atoms with van der Waals surface area (Å²) in [5, 5.41) is 11.8. The number of benzene rings is 2. The molecule has 0 saturated carbocycles. The summed E-state index contributed by atoms with van der Waals surface area (Å²) in [7, 11) is 1.59. The summed E-state index contributed by atoms with van der Waals surface area (Å²) >= 11 is 0. The summed E-state index contributed by atoms with van der Waals surface area (Å²) in [5.74, 6) is 0.708. The van der Waals surface area contributed by atoms with Gasteiger partial charge in [0.05, 0.1) is 18.0 Å². The normalized spacial score (nSPS) is 12.2. The molecular weight excluding hydrogens is 360 g/mol. The number of hydrogen-bond acceptors (Lipinski definition) is 6. The zero-order chi connectivity index (χ0) is 19.8. The average Bonchev–Trinajstić information content (AvgIpc) is 3.10. The van der Waals surface area contributed by atoms with Gasteiger partial charge in [0.1, 0.15) is 17.1 Å². The molecule has 1 heterocycles. The fourth-order valence-electron chi connectivity index (χ4n) is 3.11. The molecule has 0 saturated heterocycles. The van der Waals surface area contributed by atoms with Crippen LogP contribution in [0.15, 0.2) is 56.8 Å². The molecule has 0 unspecified atom stereocenters. The van der Waals surface area contributed by atoms with E-state index in [1.807, 2.05) is 31.2 Å². The molecule has 0 fully saturated rings. The van der Waals surface area contributed by atoms with Gasteiger partial charge in [0, 0.05) is 11.7 Å². The molecule has 0 aliphatic heterocycles. The monoisotopic (exact) mass is 378 g/mol. The average molecular weight is 378 g/mol. The van der Waals surface area contributed by atoms with Gasteiger partial charge in [0.25, 0.3) is 16.4 Å². The smallest absolute Gasteiger partial charge is 0.271 e. The fraction of sp³-hybridized carbons (Fsp3) is 0.150. The van der Waals surface area contributed by atoms with Crippen molar-refractivity contribution >= 4 is 28.0 Å². The van der Waals surface area contributed by atoms with Crippen LogP contribution in [0, 0.1) is 0 Å². The SMILES string of the molecule is COc1cccc([C@@H](C)Nc2c(Nc3ccc4[nH][nH]c(=O)c4c3)c(=O)c2=O)c1. The quantitative estimate of drug-likeness (QED) is 0.383. The lowest BCUT2D eigenvalue weighted by atomic mass is 10.1. The van der Waals surface area contributed by atoms with Gasteiger partial charge in [0.15, 0.2) is 0 Å². The minimum Gasteiger partial charge on any atom is -0.497 e. The van der Waals surface area contributed by atoms with Gasteiger partial charge in [-0.2, -0.15) is 0 Å². The van der Waals surface area contributed by atoms with E-state index in [0.29, 0.717) is 22.3 Å². The standard InChI is InChI=1S/C20H18N4O4/c1-10(11-4-3-5-13(8-11)28-2)21-16-17(19(26)18(16)25)22-12-6-7-15-14(9-12)20(27)24-23-15/h3-10,21-22H,1-2H3,(H2,23,24,27)/t10-/m1/s1. The predicted molar refractivity (Wildman–Crippen MR) is 109 cm³/mol. The van der Waals surface area contributed by atoms with Crippen molar-refractivity contribution in [3.8, 4) is 5.75 Å². The first-order valence-corrected chi connectivity index (χ1v) is 8.69. The summed E-state index contributed by atoms with van der Waals surface area (Å²) in [4.78, 5) is 35.9. The number of methoxy groups -OCH3 is 1. The van der Waals surface area contributed by atoms with Gasteiger partial charge < -0.3 is 15.4 Å². The van der Waals surface area contributed by atoms with E-state index in [4.69, 9.17) is 4.74 Å². The zero-order valence-electron chi connectivity index (χ0n) is 15.3. The Labute approximate surface area is 158 Å². The first kappa shape index (κ1) is 17.6. The Balaban J connectivity index is 1.60. The highest BCUT2D eigenvalue weighted by Gasteiger charge is 2.23. The molecule has 1 atom stereocenters. The Morgan fingerprint density at radius 3 is 2.54 bits per heavy atom. The number of hydrogen-bond donors (Lipinski definition) is 4. The van der Waals surface area contributed by atoms with Crippen LogP contribution in [-0.2, 0) is 0 Å². The van der Waals surface area contributed by atoms with E-state index in [1.54, 1.807) is 25.3 Å². The van der Waals surface area contributed by atoms with Crippen LogP contribution in [0.2, 0.25) is 0 Å². The van der Waals surface area contributed by atoms with Crippen molar-refractivity contribution < 1.29 is 4.74 Å². The van der Waals surface area contributed by atoms with Gasteiger partial charge in [-0.15, -0.1) is 0 Å². The number of H-pyrrole nitrogens is 2. The third-order valence-corrected chi connectivity index (χ3v) is 4.71. The molecular formula is C20H18N4O4. The number of aromatic amines is 2. The van der Waals surface area contributed by atoms with Crippen molar-refractivity contribution in [1.82, 2.24) is 10.2 Å². The Kier molecular flexibility index (Phi) is 4.23. The number of rotatable bonds is 6. The molecule has 0 aliphatic rings. The van der Waals surface area contributed by atoms with Crippen LogP contribution in [0.4, 0.5) is 17.1 Å². The Bertz CT molecular complexity index is 1290. The molecule has 4 rings (SSSR count). The second kappa shape index (κ2) is 6.73. The van der Waals surface area contributed by atoms with Crippen molar-refractivity contribution in [2.24, 2.45) is 0 Å². The van der Waals surface area contributed by atoms with Gasteiger partial charge >= 0.3 is 0 Å². The molecule has 0 radical (unpaired) electrons. The highest BCUT2D eigenvalue weighted by Crippen LogP contribution is 2.27. The number of aromatic nitrogens is 2. The second-order valence-corrected chi connectivity index (χ2v) is 6.52. The molecule has 8 heteroatoms. The molecule has 4 aromatic rings. The van der Waals surface area contributed by atoms with E-state index in [9.17, 15) is 14.4 Å². The predicted octanol–water partition coefficient (Wildman–Crippen LogP) is 2.38. The molecule has 0 amide bonds. The van der Waals surface area contributed by atoms with Crippen molar-refractivity contribution in [2.75, 3.05) is 17.7 Å². The van der Waals surface area contributed by atoms with Gasteiger partial charge in [-0.05, 0) is 42.8 Å².